The van der Waals surface area contributed by atoms with E-state index in [4.69, 9.17) is 9.47 Å². The molecule has 0 aliphatic rings. The predicted molar refractivity (Wildman–Crippen MR) is 85.9 cm³/mol. The molecule has 0 saturated heterocycles. The molecule has 0 aliphatic carbocycles. The van der Waals surface area contributed by atoms with Crippen LogP contribution in [0.3, 0.4) is 0 Å². The van der Waals surface area contributed by atoms with Crippen molar-refractivity contribution in [3.63, 3.8) is 0 Å². The Morgan fingerprint density at radius 1 is 0.708 bits per heavy atom. The Balaban J connectivity index is 2.49. The molecule has 0 aromatic heterocycles. The lowest BCUT2D eigenvalue weighted by molar-refractivity contribution is -0.147. The van der Waals surface area contributed by atoms with Gasteiger partial charge in [-0.25, -0.2) is 0 Å². The van der Waals surface area contributed by atoms with Crippen LogP contribution in [0, 0.1) is 0 Å². The summed E-state index contributed by atoms with van der Waals surface area (Å²) in [5.74, 6) is -1.02. The molecular formula is C18H22O6. The van der Waals surface area contributed by atoms with E-state index in [0.717, 1.165) is 11.1 Å². The molecule has 0 bridgehead atoms. The highest BCUT2D eigenvalue weighted by Gasteiger charge is 2.10. The van der Waals surface area contributed by atoms with Crippen LogP contribution >= 0.6 is 0 Å². The topological polar surface area (TPSA) is 86.7 Å². The van der Waals surface area contributed by atoms with Crippen molar-refractivity contribution in [3.05, 3.63) is 35.4 Å². The summed E-state index contributed by atoms with van der Waals surface area (Å²) >= 11 is 0. The third-order valence-corrected chi connectivity index (χ3v) is 3.26. The highest BCUT2D eigenvalue weighted by Crippen LogP contribution is 2.13. The van der Waals surface area contributed by atoms with Crippen LogP contribution < -0.4 is 0 Å². The lowest BCUT2D eigenvalue weighted by Crippen LogP contribution is -2.10. The number of ether oxygens (including phenoxy) is 2. The van der Waals surface area contributed by atoms with Gasteiger partial charge in [0.15, 0.2) is 0 Å². The Hall–Kier alpha value is -2.50. The minimum absolute atomic E-state index is 0.0531. The van der Waals surface area contributed by atoms with Crippen molar-refractivity contribution in [1.29, 1.82) is 0 Å². The number of ketones is 2. The van der Waals surface area contributed by atoms with Gasteiger partial charge in [-0.3, -0.25) is 9.59 Å². The molecule has 1 rings (SSSR count). The summed E-state index contributed by atoms with van der Waals surface area (Å²) in [6.45, 7) is 2.95. The van der Waals surface area contributed by atoms with Gasteiger partial charge >= 0.3 is 11.9 Å². The number of rotatable bonds is 10. The van der Waals surface area contributed by atoms with Gasteiger partial charge in [0.05, 0.1) is 12.8 Å². The zero-order valence-corrected chi connectivity index (χ0v) is 14.0. The molecule has 0 N–H and O–H groups in total. The molecule has 24 heavy (non-hydrogen) atoms. The van der Waals surface area contributed by atoms with Crippen LogP contribution in [0.25, 0.3) is 0 Å². The Morgan fingerprint density at radius 2 is 1.08 bits per heavy atom. The van der Waals surface area contributed by atoms with Crippen molar-refractivity contribution in [1.82, 2.24) is 0 Å². The first-order valence-electron chi connectivity index (χ1n) is 7.75. The number of esters is 2. The van der Waals surface area contributed by atoms with E-state index < -0.39 is 11.9 Å². The predicted octanol–water partition coefficient (Wildman–Crippen LogP) is 2.51. The molecule has 0 saturated carbocycles. The molecule has 130 valence electrons. The molecular weight excluding hydrogens is 312 g/mol. The number of benzene rings is 1. The fraction of sp³-hybridized carbons (Fsp3) is 0.444. The van der Waals surface area contributed by atoms with Gasteiger partial charge in [-0.1, -0.05) is 24.3 Å². The Labute approximate surface area is 141 Å². The second-order valence-corrected chi connectivity index (χ2v) is 5.49. The van der Waals surface area contributed by atoms with E-state index in [1.165, 1.54) is 13.8 Å². The molecule has 0 spiro atoms. The van der Waals surface area contributed by atoms with Gasteiger partial charge in [-0.15, -0.1) is 0 Å². The van der Waals surface area contributed by atoms with E-state index >= 15 is 0 Å². The van der Waals surface area contributed by atoms with Crippen molar-refractivity contribution in [2.45, 2.75) is 52.7 Å². The highest BCUT2D eigenvalue weighted by atomic mass is 16.5. The molecule has 0 atom stereocenters. The molecule has 0 unspecified atom stereocenters. The largest absolute Gasteiger partial charge is 0.461 e. The van der Waals surface area contributed by atoms with Gasteiger partial charge in [0.25, 0.3) is 0 Å². The third-order valence-electron chi connectivity index (χ3n) is 3.26. The average molecular weight is 334 g/mol. The number of carbonyl (C=O) groups excluding carboxylic acids is 4. The van der Waals surface area contributed by atoms with E-state index in [-0.39, 0.29) is 50.5 Å². The van der Waals surface area contributed by atoms with Crippen LogP contribution in [-0.4, -0.2) is 23.5 Å². The van der Waals surface area contributed by atoms with Crippen molar-refractivity contribution in [2.24, 2.45) is 0 Å². The quantitative estimate of drug-likeness (QED) is 0.611. The summed E-state index contributed by atoms with van der Waals surface area (Å²) in [6, 6.07) is 7.13. The standard InChI is InChI=1S/C18H22O6/c1-13(19)7-9-17(21)23-11-15-5-3-4-6-16(15)12-24-18(22)10-8-14(2)20/h3-6H,7-12H2,1-2H3. The van der Waals surface area contributed by atoms with Crippen LogP contribution in [0.15, 0.2) is 24.3 Å². The summed E-state index contributed by atoms with van der Waals surface area (Å²) in [4.78, 5) is 44.8. The normalized spacial score (nSPS) is 10.1. The zero-order chi connectivity index (χ0) is 17.9. The summed E-state index contributed by atoms with van der Waals surface area (Å²) in [6.07, 6.45) is 0.428. The number of Topliss-reactive ketones (excluding diaryl/α,β-unsaturated/α-hetero) is 2. The molecule has 0 amide bonds. The number of carbonyl (C=O) groups is 4. The van der Waals surface area contributed by atoms with Gasteiger partial charge < -0.3 is 19.1 Å². The molecule has 0 radical (unpaired) electrons. The minimum Gasteiger partial charge on any atom is -0.461 e. The summed E-state index contributed by atoms with van der Waals surface area (Å²) in [5.41, 5.74) is 1.46. The summed E-state index contributed by atoms with van der Waals surface area (Å²) in [7, 11) is 0. The monoisotopic (exact) mass is 334 g/mol. The van der Waals surface area contributed by atoms with Gasteiger partial charge in [-0.2, -0.15) is 0 Å². The first kappa shape index (κ1) is 19.5. The maximum Gasteiger partial charge on any atom is 0.306 e. The Bertz CT molecular complexity index is 552. The van der Waals surface area contributed by atoms with E-state index in [2.05, 4.69) is 0 Å². The second-order valence-electron chi connectivity index (χ2n) is 5.49. The Kier molecular flexibility index (Phi) is 8.39. The van der Waals surface area contributed by atoms with E-state index in [1.54, 1.807) is 24.3 Å². The van der Waals surface area contributed by atoms with Crippen LogP contribution in [0.4, 0.5) is 0 Å². The van der Waals surface area contributed by atoms with Gasteiger partial charge in [-0.05, 0) is 25.0 Å². The zero-order valence-electron chi connectivity index (χ0n) is 14.0. The van der Waals surface area contributed by atoms with Crippen molar-refractivity contribution in [2.75, 3.05) is 0 Å². The van der Waals surface area contributed by atoms with Gasteiger partial charge in [0.2, 0.25) is 0 Å². The molecule has 1 aromatic rings. The lowest BCUT2D eigenvalue weighted by Gasteiger charge is -2.11. The Morgan fingerprint density at radius 3 is 1.42 bits per heavy atom. The first-order valence-corrected chi connectivity index (χ1v) is 7.75. The molecule has 0 heterocycles. The SMILES string of the molecule is CC(=O)CCC(=O)OCc1ccccc1COC(=O)CCC(C)=O. The molecule has 1 aromatic carbocycles. The number of hydrogen-bond donors (Lipinski definition) is 0. The highest BCUT2D eigenvalue weighted by molar-refractivity contribution is 5.81. The maximum atomic E-state index is 11.6. The van der Waals surface area contributed by atoms with E-state index in [9.17, 15) is 19.2 Å². The minimum atomic E-state index is -0.446. The van der Waals surface area contributed by atoms with Crippen molar-refractivity contribution >= 4 is 23.5 Å². The second kappa shape index (κ2) is 10.3. The maximum absolute atomic E-state index is 11.6. The summed E-state index contributed by atoms with van der Waals surface area (Å²) in [5, 5.41) is 0. The smallest absolute Gasteiger partial charge is 0.306 e. The van der Waals surface area contributed by atoms with Crippen molar-refractivity contribution < 1.29 is 28.7 Å². The van der Waals surface area contributed by atoms with Crippen molar-refractivity contribution in [3.8, 4) is 0 Å². The average Bonchev–Trinajstić information content (AvgIpc) is 2.55. The van der Waals surface area contributed by atoms with Crippen LogP contribution in [0.1, 0.15) is 50.7 Å². The molecule has 6 heteroatoms. The van der Waals surface area contributed by atoms with Crippen LogP contribution in [0.5, 0.6) is 0 Å². The third kappa shape index (κ3) is 8.22. The van der Waals surface area contributed by atoms with Gasteiger partial charge in [0.1, 0.15) is 24.8 Å². The number of hydrogen-bond acceptors (Lipinski definition) is 6. The molecule has 0 aliphatic heterocycles. The lowest BCUT2D eigenvalue weighted by atomic mass is 10.1. The van der Waals surface area contributed by atoms with Crippen LogP contribution in [0.2, 0.25) is 0 Å². The van der Waals surface area contributed by atoms with Crippen LogP contribution in [-0.2, 0) is 41.9 Å². The molecule has 6 nitrogen and oxygen atoms in total. The van der Waals surface area contributed by atoms with Gasteiger partial charge in [0, 0.05) is 12.8 Å². The van der Waals surface area contributed by atoms with E-state index in [0.29, 0.717) is 0 Å². The fourth-order valence-electron chi connectivity index (χ4n) is 1.86. The van der Waals surface area contributed by atoms with E-state index in [1.807, 2.05) is 0 Å². The summed E-state index contributed by atoms with van der Waals surface area (Å²) < 4.78 is 10.3. The fourth-order valence-corrected chi connectivity index (χ4v) is 1.86. The first-order chi connectivity index (χ1) is 11.4. The molecule has 0 fully saturated rings.